The van der Waals surface area contributed by atoms with E-state index in [1.54, 1.807) is 36.4 Å². The van der Waals surface area contributed by atoms with Crippen LogP contribution in [-0.4, -0.2) is 36.1 Å². The molecule has 3 aromatic rings. The third kappa shape index (κ3) is 3.61. The molecule has 0 saturated carbocycles. The summed E-state index contributed by atoms with van der Waals surface area (Å²) in [5.41, 5.74) is 3.03. The molecule has 2 bridgehead atoms. The first-order chi connectivity index (χ1) is 15.3. The number of phenols is 2. The molecule has 3 atom stereocenters. The summed E-state index contributed by atoms with van der Waals surface area (Å²) < 4.78 is 51.0. The van der Waals surface area contributed by atoms with Crippen molar-refractivity contribution in [1.29, 1.82) is 0 Å². The van der Waals surface area contributed by atoms with E-state index in [1.165, 1.54) is 30.3 Å². The predicted octanol–water partition coefficient (Wildman–Crippen LogP) is 4.10. The van der Waals surface area contributed by atoms with Crippen molar-refractivity contribution >= 4 is 21.3 Å². The van der Waals surface area contributed by atoms with Crippen molar-refractivity contribution in [2.75, 3.05) is 0 Å². The molecule has 1 saturated heterocycles. The quantitative estimate of drug-likeness (QED) is 0.564. The maximum Gasteiger partial charge on any atom is 0.315 e. The maximum absolute atomic E-state index is 13.5. The van der Waals surface area contributed by atoms with Crippen molar-refractivity contribution in [2.45, 2.75) is 23.9 Å². The van der Waals surface area contributed by atoms with Crippen molar-refractivity contribution < 1.29 is 31.9 Å². The van der Waals surface area contributed by atoms with Gasteiger partial charge in [0.05, 0.1) is 6.10 Å². The average molecular weight is 454 g/mol. The Hall–Kier alpha value is -3.36. The van der Waals surface area contributed by atoms with Crippen molar-refractivity contribution in [3.05, 3.63) is 89.7 Å². The van der Waals surface area contributed by atoms with Crippen LogP contribution in [0.2, 0.25) is 0 Å². The van der Waals surface area contributed by atoms with Gasteiger partial charge in [0.15, 0.2) is 0 Å². The summed E-state index contributed by atoms with van der Waals surface area (Å²) in [7, 11) is -4.14. The molecule has 3 aromatic carbocycles. The molecule has 0 unspecified atom stereocenters. The van der Waals surface area contributed by atoms with E-state index in [4.69, 9.17) is 8.92 Å². The number of fused-ring (bicyclic) bond motifs is 2. The summed E-state index contributed by atoms with van der Waals surface area (Å²) in [6, 6.07) is 18.1. The Morgan fingerprint density at radius 2 is 1.47 bits per heavy atom. The molecular weight excluding hydrogens is 435 g/mol. The summed E-state index contributed by atoms with van der Waals surface area (Å²) in [6.45, 7) is 0. The lowest BCUT2D eigenvalue weighted by Crippen LogP contribution is -2.35. The molecule has 0 aliphatic carbocycles. The second-order valence-corrected chi connectivity index (χ2v) is 9.53. The monoisotopic (exact) mass is 454 g/mol. The first-order valence-corrected chi connectivity index (χ1v) is 11.5. The molecule has 0 aromatic heterocycles. The van der Waals surface area contributed by atoms with Crippen molar-refractivity contribution in [3.8, 4) is 17.2 Å². The molecule has 2 aliphatic heterocycles. The Balaban J connectivity index is 1.56. The lowest BCUT2D eigenvalue weighted by Gasteiger charge is -2.24. The number of rotatable bonds is 5. The van der Waals surface area contributed by atoms with E-state index < -0.39 is 33.4 Å². The van der Waals surface area contributed by atoms with E-state index in [2.05, 4.69) is 0 Å². The lowest BCUT2D eigenvalue weighted by molar-refractivity contribution is 0.128. The predicted molar refractivity (Wildman–Crippen MR) is 116 cm³/mol. The molecule has 8 heteroatoms. The van der Waals surface area contributed by atoms with Crippen LogP contribution in [0.4, 0.5) is 4.39 Å². The van der Waals surface area contributed by atoms with Gasteiger partial charge in [0.2, 0.25) is 0 Å². The minimum atomic E-state index is -4.14. The van der Waals surface area contributed by atoms with E-state index in [1.807, 2.05) is 0 Å². The van der Waals surface area contributed by atoms with Crippen LogP contribution in [0.25, 0.3) is 11.1 Å². The molecule has 2 heterocycles. The number of hydrogen-bond donors (Lipinski definition) is 2. The first-order valence-electron chi connectivity index (χ1n) is 9.99. The Labute approximate surface area is 184 Å². The molecule has 2 N–H and O–H groups in total. The topological polar surface area (TPSA) is 93.1 Å². The highest BCUT2D eigenvalue weighted by atomic mass is 32.2. The second-order valence-electron chi connectivity index (χ2n) is 7.77. The zero-order valence-corrected chi connectivity index (χ0v) is 17.5. The van der Waals surface area contributed by atoms with Gasteiger partial charge < -0.3 is 19.1 Å². The number of hydrogen-bond acceptors (Lipinski definition) is 6. The van der Waals surface area contributed by atoms with Gasteiger partial charge in [0.25, 0.3) is 0 Å². The van der Waals surface area contributed by atoms with Crippen LogP contribution in [0.3, 0.4) is 0 Å². The highest BCUT2D eigenvalue weighted by molar-refractivity contribution is 7.87. The molecule has 164 valence electrons. The molecule has 6 nitrogen and oxygen atoms in total. The van der Waals surface area contributed by atoms with Gasteiger partial charge in [-0.1, -0.05) is 30.3 Å². The maximum atomic E-state index is 13.5. The molecular formula is C24H19FO6S. The van der Waals surface area contributed by atoms with E-state index in [0.29, 0.717) is 11.1 Å². The van der Waals surface area contributed by atoms with Crippen LogP contribution in [0.5, 0.6) is 17.2 Å². The van der Waals surface area contributed by atoms with Crippen LogP contribution < -0.4 is 4.18 Å². The molecule has 1 fully saturated rings. The number of benzene rings is 3. The van der Waals surface area contributed by atoms with Crippen molar-refractivity contribution in [1.82, 2.24) is 0 Å². The summed E-state index contributed by atoms with van der Waals surface area (Å²) in [5.74, 6) is -0.486. The average Bonchev–Trinajstić information content (AvgIpc) is 3.34. The Morgan fingerprint density at radius 3 is 2.06 bits per heavy atom. The molecule has 32 heavy (non-hydrogen) atoms. The number of halogens is 1. The number of phenolic OH excluding ortho intramolecular Hbond substituents is 2. The summed E-state index contributed by atoms with van der Waals surface area (Å²) in [6.07, 6.45) is -1.11. The molecule has 2 aliphatic rings. The van der Waals surface area contributed by atoms with Gasteiger partial charge in [-0.3, -0.25) is 0 Å². The number of aromatic hydroxyl groups is 2. The van der Waals surface area contributed by atoms with E-state index in [-0.39, 0.29) is 23.7 Å². The van der Waals surface area contributed by atoms with Crippen molar-refractivity contribution in [3.63, 3.8) is 0 Å². The van der Waals surface area contributed by atoms with Gasteiger partial charge in [0.1, 0.15) is 34.4 Å². The second kappa shape index (κ2) is 7.65. The Morgan fingerprint density at radius 1 is 0.875 bits per heavy atom. The standard InChI is InChI=1S/C24H19FO6S/c25-16-2-1-3-19(12-16)31-32(28,29)21-13-20-22(14-4-8-17(26)9-5-14)23(24(21)30-20)15-6-10-18(27)11-7-15/h1-12,20-21,24,26-27H,13H2/t20-,21+,24+/m0/s1. The molecule has 0 radical (unpaired) electrons. The third-order valence-electron chi connectivity index (χ3n) is 5.73. The van der Waals surface area contributed by atoms with Crippen LogP contribution in [0.1, 0.15) is 17.5 Å². The largest absolute Gasteiger partial charge is 0.508 e. The van der Waals surface area contributed by atoms with Crippen LogP contribution in [0.15, 0.2) is 72.8 Å². The van der Waals surface area contributed by atoms with E-state index in [0.717, 1.165) is 17.2 Å². The van der Waals surface area contributed by atoms with Gasteiger partial charge >= 0.3 is 10.1 Å². The highest BCUT2D eigenvalue weighted by Crippen LogP contribution is 2.51. The molecule has 0 spiro atoms. The minimum Gasteiger partial charge on any atom is -0.508 e. The summed E-state index contributed by atoms with van der Waals surface area (Å²) in [5, 5.41) is 18.4. The van der Waals surface area contributed by atoms with Gasteiger partial charge in [0, 0.05) is 12.5 Å². The molecule has 0 amide bonds. The van der Waals surface area contributed by atoms with Crippen molar-refractivity contribution in [2.24, 2.45) is 0 Å². The smallest absolute Gasteiger partial charge is 0.315 e. The fourth-order valence-corrected chi connectivity index (χ4v) is 5.76. The van der Waals surface area contributed by atoms with Crippen LogP contribution >= 0.6 is 0 Å². The van der Waals surface area contributed by atoms with Gasteiger partial charge in [-0.05, 0) is 58.7 Å². The van der Waals surface area contributed by atoms with Crippen LogP contribution in [-0.2, 0) is 14.9 Å². The Bertz CT molecular complexity index is 1300. The van der Waals surface area contributed by atoms with Gasteiger partial charge in [-0.15, -0.1) is 0 Å². The zero-order valence-electron chi connectivity index (χ0n) is 16.7. The minimum absolute atomic E-state index is 0.0863. The lowest BCUT2D eigenvalue weighted by atomic mass is 9.83. The van der Waals surface area contributed by atoms with E-state index in [9.17, 15) is 23.0 Å². The third-order valence-corrected chi connectivity index (χ3v) is 7.33. The summed E-state index contributed by atoms with van der Waals surface area (Å²) in [4.78, 5) is 0. The van der Waals surface area contributed by atoms with Gasteiger partial charge in [-0.25, -0.2) is 4.39 Å². The normalized spacial score (nSPS) is 22.3. The summed E-state index contributed by atoms with van der Waals surface area (Å²) >= 11 is 0. The number of ether oxygens (including phenoxy) is 1. The Kier molecular flexibility index (Phi) is 4.91. The molecule has 5 rings (SSSR count). The van der Waals surface area contributed by atoms with Crippen LogP contribution in [0, 0.1) is 5.82 Å². The first kappa shape index (κ1) is 20.5. The fourth-order valence-electron chi connectivity index (χ4n) is 4.35. The fraction of sp³-hybridized carbons (Fsp3) is 0.167. The van der Waals surface area contributed by atoms with E-state index >= 15 is 0 Å². The zero-order chi connectivity index (χ0) is 22.5. The highest BCUT2D eigenvalue weighted by Gasteiger charge is 2.53. The SMILES string of the molecule is O=S(=O)(Oc1cccc(F)c1)[C@@H]1C[C@@H]2O[C@H]1C(c1ccc(O)cc1)=C2c1ccc(O)cc1. The van der Waals surface area contributed by atoms with Gasteiger partial charge in [-0.2, -0.15) is 8.42 Å².